The Morgan fingerprint density at radius 2 is 1.70 bits per heavy atom. The van der Waals surface area contributed by atoms with Gasteiger partial charge in [-0.15, -0.1) is 0 Å². The van der Waals surface area contributed by atoms with E-state index in [1.54, 1.807) is 39.0 Å². The number of halogens is 1. The molecule has 0 aromatic heterocycles. The molecule has 0 aliphatic rings. The largest absolute Gasteiger partial charge is 0.445 e. The van der Waals surface area contributed by atoms with E-state index in [4.69, 9.17) is 4.74 Å². The maximum Gasteiger partial charge on any atom is 0.408 e. The molecule has 0 heterocycles. The fourth-order valence-electron chi connectivity index (χ4n) is 2.03. The lowest BCUT2D eigenvalue weighted by Crippen LogP contribution is -2.52. The van der Waals surface area contributed by atoms with Crippen molar-refractivity contribution in [2.75, 3.05) is 0 Å². The van der Waals surface area contributed by atoms with E-state index in [-0.39, 0.29) is 18.0 Å². The number of benzene rings is 1. The van der Waals surface area contributed by atoms with Crippen molar-refractivity contribution in [2.45, 2.75) is 54.2 Å². The molecule has 4 nitrogen and oxygen atoms in total. The second-order valence-electron chi connectivity index (χ2n) is 7.73. The summed E-state index contributed by atoms with van der Waals surface area (Å²) in [7, 11) is 0. The molecule has 1 rings (SSSR count). The van der Waals surface area contributed by atoms with Gasteiger partial charge in [-0.3, -0.25) is 4.79 Å². The Morgan fingerprint density at radius 1 is 1.13 bits per heavy atom. The Hall–Kier alpha value is -1.91. The summed E-state index contributed by atoms with van der Waals surface area (Å²) in [5, 5.41) is 2.62. The molecule has 0 spiro atoms. The van der Waals surface area contributed by atoms with Gasteiger partial charge in [-0.05, 0) is 11.5 Å². The minimum absolute atomic E-state index is 0.0761. The number of hydrogen-bond donors (Lipinski definition) is 1. The van der Waals surface area contributed by atoms with Crippen LogP contribution in [0.4, 0.5) is 9.18 Å². The number of alkyl carbamates (subject to hydrolysis) is 1. The highest BCUT2D eigenvalue weighted by molar-refractivity contribution is 5.91. The highest BCUT2D eigenvalue weighted by atomic mass is 19.1. The highest BCUT2D eigenvalue weighted by Crippen LogP contribution is 2.27. The Labute approximate surface area is 137 Å². The molecule has 0 radical (unpaired) electrons. The summed E-state index contributed by atoms with van der Waals surface area (Å²) >= 11 is 0. The Balaban J connectivity index is 2.75. The van der Waals surface area contributed by atoms with Gasteiger partial charge in [0.15, 0.2) is 5.78 Å². The number of carbonyl (C=O) groups is 2. The lowest BCUT2D eigenvalue weighted by molar-refractivity contribution is -0.130. The second-order valence-corrected chi connectivity index (χ2v) is 7.73. The van der Waals surface area contributed by atoms with Gasteiger partial charge in [-0.1, -0.05) is 59.7 Å². The van der Waals surface area contributed by atoms with E-state index in [1.165, 1.54) is 6.07 Å². The first-order chi connectivity index (χ1) is 10.4. The van der Waals surface area contributed by atoms with Crippen LogP contribution in [0, 0.1) is 16.6 Å². The molecule has 0 fully saturated rings. The molecule has 1 aromatic carbocycles. The molecular formula is C18H26FNO3. The molecule has 1 aromatic rings. The molecule has 0 saturated carbocycles. The minimum Gasteiger partial charge on any atom is -0.445 e. The zero-order valence-electron chi connectivity index (χ0n) is 14.7. The van der Waals surface area contributed by atoms with Crippen LogP contribution in [-0.4, -0.2) is 17.9 Å². The summed E-state index contributed by atoms with van der Waals surface area (Å²) in [5.41, 5.74) is -0.755. The zero-order chi connectivity index (χ0) is 17.8. The molecule has 23 heavy (non-hydrogen) atoms. The van der Waals surface area contributed by atoms with Crippen molar-refractivity contribution in [2.24, 2.45) is 10.8 Å². The van der Waals surface area contributed by atoms with Crippen LogP contribution in [0.5, 0.6) is 0 Å². The summed E-state index contributed by atoms with van der Waals surface area (Å²) in [6.07, 6.45) is -0.731. The molecule has 1 unspecified atom stereocenters. The van der Waals surface area contributed by atoms with Crippen molar-refractivity contribution in [3.63, 3.8) is 0 Å². The first kappa shape index (κ1) is 19.1. The number of nitrogens with one attached hydrogen (secondary N) is 1. The first-order valence-electron chi connectivity index (χ1n) is 7.64. The lowest BCUT2D eigenvalue weighted by Gasteiger charge is -2.34. The van der Waals surface area contributed by atoms with E-state index in [0.717, 1.165) is 0 Å². The average molecular weight is 323 g/mol. The van der Waals surface area contributed by atoms with E-state index in [2.05, 4.69) is 5.32 Å². The standard InChI is InChI=1S/C18H26FNO3/c1-17(2,3)14(15(21)18(4,5)6)20-16(22)23-11-12-9-7-8-10-13(12)19/h7-10,14H,11H2,1-6H3,(H,20,22). The maximum absolute atomic E-state index is 13.5. The van der Waals surface area contributed by atoms with Gasteiger partial charge in [0.05, 0.1) is 6.04 Å². The molecule has 5 heteroatoms. The third-order valence-corrected chi connectivity index (χ3v) is 3.45. The maximum atomic E-state index is 13.5. The summed E-state index contributed by atoms with van der Waals surface area (Å²) in [6.45, 7) is 10.9. The molecule has 128 valence electrons. The molecule has 1 atom stereocenters. The monoisotopic (exact) mass is 323 g/mol. The molecule has 0 saturated heterocycles. The van der Waals surface area contributed by atoms with E-state index in [9.17, 15) is 14.0 Å². The molecule has 1 amide bonds. The predicted molar refractivity (Wildman–Crippen MR) is 87.4 cm³/mol. The number of rotatable bonds is 4. The van der Waals surface area contributed by atoms with Crippen LogP contribution in [0.15, 0.2) is 24.3 Å². The lowest BCUT2D eigenvalue weighted by atomic mass is 9.76. The minimum atomic E-state index is -0.731. The number of ketones is 1. The summed E-state index contributed by atoms with van der Waals surface area (Å²) in [6, 6.07) is 5.40. The Morgan fingerprint density at radius 3 is 2.17 bits per heavy atom. The van der Waals surface area contributed by atoms with Gasteiger partial charge in [0, 0.05) is 11.0 Å². The van der Waals surface area contributed by atoms with Gasteiger partial charge in [-0.2, -0.15) is 0 Å². The summed E-state index contributed by atoms with van der Waals surface area (Å²) in [5.74, 6) is -0.508. The summed E-state index contributed by atoms with van der Waals surface area (Å²) < 4.78 is 18.6. The van der Waals surface area contributed by atoms with Gasteiger partial charge in [0.1, 0.15) is 12.4 Å². The van der Waals surface area contributed by atoms with Crippen LogP contribution < -0.4 is 5.32 Å². The van der Waals surface area contributed by atoms with E-state index >= 15 is 0 Å². The zero-order valence-corrected chi connectivity index (χ0v) is 14.7. The van der Waals surface area contributed by atoms with E-state index in [1.807, 2.05) is 20.8 Å². The van der Waals surface area contributed by atoms with Gasteiger partial charge in [0.25, 0.3) is 0 Å². The topological polar surface area (TPSA) is 55.4 Å². The molecular weight excluding hydrogens is 297 g/mol. The summed E-state index contributed by atoms with van der Waals surface area (Å²) in [4.78, 5) is 24.6. The number of hydrogen-bond acceptors (Lipinski definition) is 3. The van der Waals surface area contributed by atoms with Crippen molar-refractivity contribution in [1.29, 1.82) is 0 Å². The second kappa shape index (κ2) is 7.11. The van der Waals surface area contributed by atoms with Crippen molar-refractivity contribution in [3.8, 4) is 0 Å². The van der Waals surface area contributed by atoms with Crippen molar-refractivity contribution < 1.29 is 18.7 Å². The van der Waals surface area contributed by atoms with Crippen LogP contribution in [0.2, 0.25) is 0 Å². The molecule has 0 bridgehead atoms. The molecule has 0 aliphatic heterocycles. The van der Waals surface area contributed by atoms with Crippen LogP contribution >= 0.6 is 0 Å². The number of Topliss-reactive ketones (excluding diaryl/α,β-unsaturated/α-hetero) is 1. The van der Waals surface area contributed by atoms with Crippen LogP contribution in [0.1, 0.15) is 47.1 Å². The van der Waals surface area contributed by atoms with Gasteiger partial charge < -0.3 is 10.1 Å². The Kier molecular flexibility index (Phi) is 5.92. The van der Waals surface area contributed by atoms with Crippen LogP contribution in [0.25, 0.3) is 0 Å². The van der Waals surface area contributed by atoms with Gasteiger partial charge in [-0.25, -0.2) is 9.18 Å². The van der Waals surface area contributed by atoms with E-state index < -0.39 is 28.8 Å². The molecule has 0 aliphatic carbocycles. The third-order valence-electron chi connectivity index (χ3n) is 3.45. The van der Waals surface area contributed by atoms with Crippen molar-refractivity contribution in [3.05, 3.63) is 35.6 Å². The van der Waals surface area contributed by atoms with Crippen molar-refractivity contribution in [1.82, 2.24) is 5.32 Å². The van der Waals surface area contributed by atoms with Crippen molar-refractivity contribution >= 4 is 11.9 Å². The van der Waals surface area contributed by atoms with Crippen LogP contribution in [-0.2, 0) is 16.1 Å². The number of ether oxygens (including phenoxy) is 1. The number of amides is 1. The quantitative estimate of drug-likeness (QED) is 0.908. The fourth-order valence-corrected chi connectivity index (χ4v) is 2.03. The SMILES string of the molecule is CC(C)(C)C(=O)C(NC(=O)OCc1ccccc1F)C(C)(C)C. The first-order valence-corrected chi connectivity index (χ1v) is 7.64. The van der Waals surface area contributed by atoms with Gasteiger partial charge in [0.2, 0.25) is 0 Å². The van der Waals surface area contributed by atoms with Gasteiger partial charge >= 0.3 is 6.09 Å². The smallest absolute Gasteiger partial charge is 0.408 e. The fraction of sp³-hybridized carbons (Fsp3) is 0.556. The predicted octanol–water partition coefficient (Wildman–Crippen LogP) is 4.08. The van der Waals surface area contributed by atoms with E-state index in [0.29, 0.717) is 0 Å². The molecule has 1 N–H and O–H groups in total. The Bertz CT molecular complexity index is 570. The normalized spacial score (nSPS) is 13.3. The average Bonchev–Trinajstić information content (AvgIpc) is 2.41. The number of carbonyl (C=O) groups excluding carboxylic acids is 2. The highest BCUT2D eigenvalue weighted by Gasteiger charge is 2.38. The van der Waals surface area contributed by atoms with Crippen LogP contribution in [0.3, 0.4) is 0 Å². The third kappa shape index (κ3) is 5.66.